The van der Waals surface area contributed by atoms with Crippen LogP contribution in [0.25, 0.3) is 5.95 Å². The summed E-state index contributed by atoms with van der Waals surface area (Å²) < 4.78 is 8.48. The van der Waals surface area contributed by atoms with E-state index in [0.717, 1.165) is 78.9 Å². The highest BCUT2D eigenvalue weighted by Gasteiger charge is 2.31. The zero-order valence-electron chi connectivity index (χ0n) is 22.6. The van der Waals surface area contributed by atoms with E-state index >= 15 is 0 Å². The van der Waals surface area contributed by atoms with Crippen molar-refractivity contribution < 1.29 is 14.3 Å². The molecule has 38 heavy (non-hydrogen) atoms. The van der Waals surface area contributed by atoms with E-state index in [9.17, 15) is 14.4 Å². The van der Waals surface area contributed by atoms with Gasteiger partial charge in [-0.05, 0) is 90.7 Å². The van der Waals surface area contributed by atoms with Crippen molar-refractivity contribution in [2.24, 2.45) is 0 Å². The Bertz CT molecular complexity index is 1450. The number of hydrogen-bond donors (Lipinski definition) is 1. The minimum Gasteiger partial charge on any atom is -0.462 e. The summed E-state index contributed by atoms with van der Waals surface area (Å²) in [4.78, 5) is 46.5. The molecule has 1 unspecified atom stereocenters. The molecule has 0 bridgehead atoms. The molecule has 3 aromatic rings. The van der Waals surface area contributed by atoms with Crippen LogP contribution in [0.3, 0.4) is 0 Å². The number of nitrogens with zero attached hydrogens (tertiary/aromatic N) is 4. The topological polar surface area (TPSA) is 108 Å². The molecule has 0 aliphatic heterocycles. The van der Waals surface area contributed by atoms with Gasteiger partial charge >= 0.3 is 5.97 Å². The van der Waals surface area contributed by atoms with Crippen molar-refractivity contribution in [1.29, 1.82) is 0 Å². The number of aryl methyl sites for hydroxylation is 4. The minimum atomic E-state index is -0.877. The summed E-state index contributed by atoms with van der Waals surface area (Å²) >= 11 is 1.45. The number of amides is 1. The molecular weight excluding hydrogens is 502 g/mol. The van der Waals surface area contributed by atoms with Gasteiger partial charge in [-0.3, -0.25) is 14.2 Å². The highest BCUT2D eigenvalue weighted by atomic mass is 32.1. The van der Waals surface area contributed by atoms with Crippen LogP contribution in [-0.4, -0.2) is 37.8 Å². The van der Waals surface area contributed by atoms with Gasteiger partial charge in [0.05, 0.1) is 23.6 Å². The Kier molecular flexibility index (Phi) is 7.52. The molecule has 10 heteroatoms. The number of ether oxygens (including phenoxy) is 1. The molecule has 0 saturated heterocycles. The highest BCUT2D eigenvalue weighted by molar-refractivity contribution is 7.17. The van der Waals surface area contributed by atoms with Gasteiger partial charge < -0.3 is 10.1 Å². The fourth-order valence-electron chi connectivity index (χ4n) is 5.57. The SMILES string of the molecule is CCOC(=O)c1c(NC(=O)C(C)n2c(-n3nc(C)cc3C)nc3c(c2=O)CCCC3)sc2c1CCCCC2. The first kappa shape index (κ1) is 26.3. The van der Waals surface area contributed by atoms with Gasteiger partial charge in [-0.25, -0.2) is 14.5 Å². The summed E-state index contributed by atoms with van der Waals surface area (Å²) in [5, 5.41) is 8.06. The Morgan fingerprint density at radius 2 is 1.79 bits per heavy atom. The molecular formula is C28H35N5O4S. The normalized spacial score (nSPS) is 15.8. The molecule has 0 spiro atoms. The van der Waals surface area contributed by atoms with Crippen LogP contribution in [0.2, 0.25) is 0 Å². The van der Waals surface area contributed by atoms with Crippen molar-refractivity contribution in [3.8, 4) is 5.95 Å². The van der Waals surface area contributed by atoms with E-state index in [-0.39, 0.29) is 18.1 Å². The number of thiophene rings is 1. The summed E-state index contributed by atoms with van der Waals surface area (Å²) in [7, 11) is 0. The number of esters is 1. The van der Waals surface area contributed by atoms with Crippen molar-refractivity contribution >= 4 is 28.2 Å². The second kappa shape index (κ2) is 10.8. The fourth-order valence-corrected chi connectivity index (χ4v) is 6.85. The third kappa shape index (κ3) is 4.81. The van der Waals surface area contributed by atoms with E-state index in [1.807, 2.05) is 19.9 Å². The Morgan fingerprint density at radius 3 is 2.53 bits per heavy atom. The molecule has 0 saturated carbocycles. The molecule has 3 heterocycles. The lowest BCUT2D eigenvalue weighted by molar-refractivity contribution is -0.118. The average molecular weight is 538 g/mol. The van der Waals surface area contributed by atoms with Crippen LogP contribution in [0, 0.1) is 13.8 Å². The van der Waals surface area contributed by atoms with Gasteiger partial charge in [0, 0.05) is 16.1 Å². The molecule has 5 rings (SSSR count). The average Bonchev–Trinajstić information content (AvgIpc) is 3.31. The third-order valence-corrected chi connectivity index (χ3v) is 8.68. The fraction of sp³-hybridized carbons (Fsp3) is 0.536. The van der Waals surface area contributed by atoms with Crippen molar-refractivity contribution in [2.45, 2.75) is 91.5 Å². The maximum absolute atomic E-state index is 13.8. The van der Waals surface area contributed by atoms with Crippen LogP contribution >= 0.6 is 11.3 Å². The van der Waals surface area contributed by atoms with Crippen LogP contribution in [0.5, 0.6) is 0 Å². The van der Waals surface area contributed by atoms with Crippen LogP contribution in [0.15, 0.2) is 10.9 Å². The largest absolute Gasteiger partial charge is 0.462 e. The summed E-state index contributed by atoms with van der Waals surface area (Å²) in [6.45, 7) is 7.53. The molecule has 2 aliphatic rings. The monoisotopic (exact) mass is 537 g/mol. The van der Waals surface area contributed by atoms with Crippen LogP contribution in [0.1, 0.15) is 95.4 Å². The third-order valence-electron chi connectivity index (χ3n) is 7.47. The van der Waals surface area contributed by atoms with E-state index in [1.54, 1.807) is 18.5 Å². The van der Waals surface area contributed by atoms with E-state index in [0.29, 0.717) is 28.5 Å². The van der Waals surface area contributed by atoms with E-state index in [1.165, 1.54) is 15.9 Å². The first-order chi connectivity index (χ1) is 18.3. The van der Waals surface area contributed by atoms with E-state index in [4.69, 9.17) is 9.72 Å². The lowest BCUT2D eigenvalue weighted by Gasteiger charge is -2.23. The number of fused-ring (bicyclic) bond motifs is 2. The number of carbonyl (C=O) groups is 2. The first-order valence-corrected chi connectivity index (χ1v) is 14.4. The lowest BCUT2D eigenvalue weighted by Crippen LogP contribution is -2.38. The molecule has 0 aromatic carbocycles. The zero-order chi connectivity index (χ0) is 27.0. The zero-order valence-corrected chi connectivity index (χ0v) is 23.4. The lowest BCUT2D eigenvalue weighted by atomic mass is 9.97. The molecule has 1 amide bonds. The number of hydrogen-bond acceptors (Lipinski definition) is 7. The van der Waals surface area contributed by atoms with Gasteiger partial charge in [0.1, 0.15) is 11.0 Å². The van der Waals surface area contributed by atoms with Crippen LogP contribution < -0.4 is 10.9 Å². The summed E-state index contributed by atoms with van der Waals surface area (Å²) in [6.07, 6.45) is 8.15. The van der Waals surface area contributed by atoms with E-state index < -0.39 is 12.0 Å². The van der Waals surface area contributed by atoms with Crippen molar-refractivity contribution in [3.63, 3.8) is 0 Å². The standard InChI is InChI=1S/C28H35N5O4S/c1-5-37-27(36)23-20-12-7-6-8-14-22(20)38-25(23)30-24(34)18(4)32-26(35)19-11-9-10-13-21(19)29-28(32)33-17(3)15-16(2)31-33/h15,18H,5-14H2,1-4H3,(H,30,34). The Balaban J connectivity index is 1.56. The molecule has 0 radical (unpaired) electrons. The first-order valence-electron chi connectivity index (χ1n) is 13.6. The maximum atomic E-state index is 13.8. The van der Waals surface area contributed by atoms with Crippen molar-refractivity contribution in [1.82, 2.24) is 19.3 Å². The van der Waals surface area contributed by atoms with Gasteiger partial charge in [0.15, 0.2) is 0 Å². The highest BCUT2D eigenvalue weighted by Crippen LogP contribution is 2.38. The second-order valence-corrected chi connectivity index (χ2v) is 11.3. The van der Waals surface area contributed by atoms with Gasteiger partial charge in [-0.2, -0.15) is 5.10 Å². The van der Waals surface area contributed by atoms with Gasteiger partial charge in [-0.15, -0.1) is 11.3 Å². The van der Waals surface area contributed by atoms with Crippen LogP contribution in [-0.2, 0) is 35.2 Å². The molecule has 0 fully saturated rings. The predicted octanol–water partition coefficient (Wildman–Crippen LogP) is 4.63. The second-order valence-electron chi connectivity index (χ2n) is 10.2. The maximum Gasteiger partial charge on any atom is 0.341 e. The molecule has 202 valence electrons. The number of aromatic nitrogens is 4. The Morgan fingerprint density at radius 1 is 1.08 bits per heavy atom. The smallest absolute Gasteiger partial charge is 0.341 e. The summed E-state index contributed by atoms with van der Waals surface area (Å²) in [6, 6.07) is 1.04. The molecule has 2 aliphatic carbocycles. The number of carbonyl (C=O) groups excluding carboxylic acids is 2. The number of nitrogens with one attached hydrogen (secondary N) is 1. The summed E-state index contributed by atoms with van der Waals surface area (Å²) in [5.74, 6) is -0.448. The summed E-state index contributed by atoms with van der Waals surface area (Å²) in [5.41, 5.74) is 4.35. The van der Waals surface area contributed by atoms with Crippen molar-refractivity contribution in [2.75, 3.05) is 11.9 Å². The van der Waals surface area contributed by atoms with Gasteiger partial charge in [-0.1, -0.05) is 6.42 Å². The number of rotatable bonds is 6. The molecule has 9 nitrogen and oxygen atoms in total. The van der Waals surface area contributed by atoms with Gasteiger partial charge in [0.2, 0.25) is 11.9 Å². The Labute approximate surface area is 226 Å². The molecule has 1 atom stereocenters. The predicted molar refractivity (Wildman–Crippen MR) is 147 cm³/mol. The number of anilines is 1. The van der Waals surface area contributed by atoms with E-state index in [2.05, 4.69) is 10.4 Å². The van der Waals surface area contributed by atoms with Gasteiger partial charge in [0.25, 0.3) is 5.56 Å². The quantitative estimate of drug-likeness (QED) is 0.363. The molecule has 3 aromatic heterocycles. The Hall–Kier alpha value is -3.27. The minimum absolute atomic E-state index is 0.201. The molecule has 1 N–H and O–H groups in total. The van der Waals surface area contributed by atoms with Crippen molar-refractivity contribution in [3.05, 3.63) is 55.1 Å². The van der Waals surface area contributed by atoms with Crippen LogP contribution in [0.4, 0.5) is 5.00 Å².